The third-order valence-electron chi connectivity index (χ3n) is 5.35. The fourth-order valence-corrected chi connectivity index (χ4v) is 3.36. The van der Waals surface area contributed by atoms with Gasteiger partial charge < -0.3 is 48.3 Å². The Morgan fingerprint density at radius 1 is 1.03 bits per heavy atom. The van der Waals surface area contributed by atoms with Crippen LogP contribution < -0.4 is 33.2 Å². The minimum Gasteiger partial charge on any atom is -0.508 e. The van der Waals surface area contributed by atoms with E-state index in [4.69, 9.17) is 17.2 Å². The zero-order chi connectivity index (χ0) is 28.1. The summed E-state index contributed by atoms with van der Waals surface area (Å²) in [7, 11) is 0. The van der Waals surface area contributed by atoms with Crippen molar-refractivity contribution in [1.29, 1.82) is 0 Å². The molecular weight excluding hydrogens is 498 g/mol. The van der Waals surface area contributed by atoms with Crippen LogP contribution in [-0.2, 0) is 32.0 Å². The van der Waals surface area contributed by atoms with E-state index in [0.29, 0.717) is 24.2 Å². The smallest absolute Gasteiger partial charge is 0.326 e. The average molecular weight is 532 g/mol. The lowest BCUT2D eigenvalue weighted by molar-refractivity contribution is -0.141. The Morgan fingerprint density at radius 2 is 1.74 bits per heavy atom. The number of nitrogens with two attached hydrogens (primary N) is 3. The van der Waals surface area contributed by atoms with Gasteiger partial charge in [-0.1, -0.05) is 12.1 Å². The number of phenols is 1. The number of amides is 3. The lowest BCUT2D eigenvalue weighted by Crippen LogP contribution is -2.54. The molecule has 1 aromatic heterocycles. The Balaban J connectivity index is 1.94. The van der Waals surface area contributed by atoms with Gasteiger partial charge in [0.15, 0.2) is 5.96 Å². The molecule has 12 N–H and O–H groups in total. The van der Waals surface area contributed by atoms with Gasteiger partial charge in [-0.25, -0.2) is 9.78 Å². The van der Waals surface area contributed by atoms with E-state index >= 15 is 0 Å². The van der Waals surface area contributed by atoms with Crippen molar-refractivity contribution < 1.29 is 29.4 Å². The van der Waals surface area contributed by atoms with Crippen LogP contribution >= 0.6 is 0 Å². The van der Waals surface area contributed by atoms with Gasteiger partial charge in [-0.05, 0) is 30.5 Å². The molecule has 0 spiro atoms. The van der Waals surface area contributed by atoms with Gasteiger partial charge in [-0.3, -0.25) is 19.4 Å². The van der Waals surface area contributed by atoms with Gasteiger partial charge in [0.25, 0.3) is 0 Å². The van der Waals surface area contributed by atoms with Crippen molar-refractivity contribution in [2.75, 3.05) is 13.1 Å². The van der Waals surface area contributed by atoms with E-state index in [1.165, 1.54) is 36.8 Å². The summed E-state index contributed by atoms with van der Waals surface area (Å²) in [6, 6.07) is 2.59. The Labute approximate surface area is 218 Å². The number of benzene rings is 1. The molecule has 0 aliphatic rings. The molecule has 206 valence electrons. The lowest BCUT2D eigenvalue weighted by Gasteiger charge is -2.21. The number of hydrogen-bond acceptors (Lipinski definition) is 8. The van der Waals surface area contributed by atoms with Gasteiger partial charge in [0.05, 0.1) is 18.9 Å². The number of imidazole rings is 1. The average Bonchev–Trinajstić information content (AvgIpc) is 3.38. The van der Waals surface area contributed by atoms with E-state index in [-0.39, 0.29) is 31.0 Å². The molecule has 0 saturated heterocycles. The molecule has 15 heteroatoms. The van der Waals surface area contributed by atoms with Crippen LogP contribution in [0.15, 0.2) is 41.8 Å². The number of carboxylic acid groups (broad SMARTS) is 1. The standard InChI is InChI=1S/C23H33N9O6/c24-16(2-1-7-28-23(25)26)20(35)32-17(9-14-10-27-12-30-14)21(36)29-11-19(34)31-18(22(37)38)8-13-3-5-15(33)6-4-13/h3-6,10,12,16-18,33H,1-2,7-9,11,24H2,(H,27,30)(H,29,36)(H,31,34)(H,32,35)(H,37,38)(H4,25,26,28). The highest BCUT2D eigenvalue weighted by atomic mass is 16.4. The number of nitrogens with zero attached hydrogens (tertiary/aromatic N) is 2. The number of aliphatic carboxylic acids is 1. The van der Waals surface area contributed by atoms with Crippen molar-refractivity contribution in [3.05, 3.63) is 48.0 Å². The van der Waals surface area contributed by atoms with Crippen LogP contribution in [0.2, 0.25) is 0 Å². The number of carboxylic acids is 1. The molecule has 3 amide bonds. The molecule has 2 rings (SSSR count). The molecule has 1 heterocycles. The maximum absolute atomic E-state index is 12.8. The molecule has 3 atom stereocenters. The number of aliphatic imine (C=N–C) groups is 1. The molecule has 3 unspecified atom stereocenters. The number of aromatic amines is 1. The molecule has 2 aromatic rings. The second kappa shape index (κ2) is 14.8. The molecule has 0 radical (unpaired) electrons. The highest BCUT2D eigenvalue weighted by molar-refractivity contribution is 5.92. The Morgan fingerprint density at radius 3 is 2.34 bits per heavy atom. The molecule has 0 saturated carbocycles. The topological polar surface area (TPSA) is 264 Å². The molecule has 15 nitrogen and oxygen atoms in total. The van der Waals surface area contributed by atoms with Crippen molar-refractivity contribution in [1.82, 2.24) is 25.9 Å². The van der Waals surface area contributed by atoms with E-state index in [1.807, 2.05) is 0 Å². The Bertz CT molecular complexity index is 1100. The monoisotopic (exact) mass is 531 g/mol. The zero-order valence-corrected chi connectivity index (χ0v) is 20.6. The van der Waals surface area contributed by atoms with E-state index in [0.717, 1.165) is 0 Å². The second-order valence-electron chi connectivity index (χ2n) is 8.44. The normalized spacial score (nSPS) is 13.0. The van der Waals surface area contributed by atoms with Crippen LogP contribution in [0, 0.1) is 0 Å². The summed E-state index contributed by atoms with van der Waals surface area (Å²) in [5.74, 6) is -3.32. The molecule has 0 aliphatic heterocycles. The molecule has 38 heavy (non-hydrogen) atoms. The van der Waals surface area contributed by atoms with Gasteiger partial charge >= 0.3 is 5.97 Å². The number of nitrogens with one attached hydrogen (secondary N) is 4. The minimum atomic E-state index is -1.27. The third kappa shape index (κ3) is 10.5. The van der Waals surface area contributed by atoms with Crippen molar-refractivity contribution in [3.63, 3.8) is 0 Å². The SMILES string of the molecule is NC(N)=NCCCC(N)C(=O)NC(Cc1cnc[nH]1)C(=O)NCC(=O)NC(Cc1ccc(O)cc1)C(=O)O. The predicted molar refractivity (Wildman–Crippen MR) is 136 cm³/mol. The summed E-state index contributed by atoms with van der Waals surface area (Å²) in [6.45, 7) is -0.237. The number of phenolic OH excluding ortho intramolecular Hbond substituents is 1. The second-order valence-corrected chi connectivity index (χ2v) is 8.44. The highest BCUT2D eigenvalue weighted by Gasteiger charge is 2.26. The van der Waals surface area contributed by atoms with E-state index in [1.54, 1.807) is 0 Å². The molecule has 1 aromatic carbocycles. The largest absolute Gasteiger partial charge is 0.508 e. The lowest BCUT2D eigenvalue weighted by atomic mass is 10.1. The van der Waals surface area contributed by atoms with Crippen molar-refractivity contribution in [2.24, 2.45) is 22.2 Å². The number of carbonyl (C=O) groups excluding carboxylic acids is 3. The van der Waals surface area contributed by atoms with Gasteiger partial charge in [0, 0.05) is 31.3 Å². The van der Waals surface area contributed by atoms with E-state index < -0.39 is 48.4 Å². The summed E-state index contributed by atoms with van der Waals surface area (Å²) in [5, 5.41) is 26.2. The fraction of sp³-hybridized carbons (Fsp3) is 0.391. The zero-order valence-electron chi connectivity index (χ0n) is 20.6. The minimum absolute atomic E-state index is 0.0241. The molecule has 0 bridgehead atoms. The van der Waals surface area contributed by atoms with Gasteiger partial charge in [0.2, 0.25) is 17.7 Å². The number of aromatic hydroxyl groups is 1. The molecule has 0 fully saturated rings. The first-order valence-electron chi connectivity index (χ1n) is 11.7. The molecule has 0 aliphatic carbocycles. The summed E-state index contributed by atoms with van der Waals surface area (Å²) in [6.07, 6.45) is 3.61. The number of rotatable bonds is 15. The number of H-pyrrole nitrogens is 1. The summed E-state index contributed by atoms with van der Waals surface area (Å²) in [5.41, 5.74) is 17.6. The number of hydrogen-bond donors (Lipinski definition) is 9. The van der Waals surface area contributed by atoms with Crippen molar-refractivity contribution in [3.8, 4) is 5.75 Å². The van der Waals surface area contributed by atoms with Crippen LogP contribution in [0.5, 0.6) is 5.75 Å². The summed E-state index contributed by atoms with van der Waals surface area (Å²) < 4.78 is 0. The maximum atomic E-state index is 12.8. The van der Waals surface area contributed by atoms with E-state index in [2.05, 4.69) is 30.9 Å². The number of carbonyl (C=O) groups is 4. The first-order valence-corrected chi connectivity index (χ1v) is 11.7. The molecular formula is C23H33N9O6. The van der Waals surface area contributed by atoms with Crippen LogP contribution in [-0.4, -0.2) is 81.0 Å². The summed E-state index contributed by atoms with van der Waals surface area (Å²) in [4.78, 5) is 60.0. The third-order valence-corrected chi connectivity index (χ3v) is 5.35. The van der Waals surface area contributed by atoms with Crippen LogP contribution in [0.25, 0.3) is 0 Å². The first-order chi connectivity index (χ1) is 18.0. The number of guanidine groups is 1. The first kappa shape index (κ1) is 29.6. The van der Waals surface area contributed by atoms with E-state index in [9.17, 15) is 29.4 Å². The fourth-order valence-electron chi connectivity index (χ4n) is 3.36. The van der Waals surface area contributed by atoms with Crippen molar-refractivity contribution >= 4 is 29.7 Å². The number of aromatic nitrogens is 2. The Kier molecular flexibility index (Phi) is 11.5. The van der Waals surface area contributed by atoms with Crippen LogP contribution in [0.1, 0.15) is 24.1 Å². The summed E-state index contributed by atoms with van der Waals surface area (Å²) >= 11 is 0. The highest BCUT2D eigenvalue weighted by Crippen LogP contribution is 2.11. The van der Waals surface area contributed by atoms with Crippen LogP contribution in [0.4, 0.5) is 0 Å². The predicted octanol–water partition coefficient (Wildman–Crippen LogP) is -2.55. The van der Waals surface area contributed by atoms with Crippen molar-refractivity contribution in [2.45, 2.75) is 43.8 Å². The van der Waals surface area contributed by atoms with Gasteiger partial charge in [-0.2, -0.15) is 0 Å². The van der Waals surface area contributed by atoms with Gasteiger partial charge in [-0.15, -0.1) is 0 Å². The van der Waals surface area contributed by atoms with Crippen LogP contribution in [0.3, 0.4) is 0 Å². The Hall–Kier alpha value is -4.66. The quantitative estimate of drug-likeness (QED) is 0.0659. The van der Waals surface area contributed by atoms with Gasteiger partial charge in [0.1, 0.15) is 17.8 Å². The maximum Gasteiger partial charge on any atom is 0.326 e.